The molecule has 0 bridgehead atoms. The van der Waals surface area contributed by atoms with Crippen LogP contribution in [0, 0.1) is 5.41 Å². The second-order valence-corrected chi connectivity index (χ2v) is 6.08. The maximum atomic E-state index is 6.04. The van der Waals surface area contributed by atoms with E-state index < -0.39 is 0 Å². The van der Waals surface area contributed by atoms with Crippen molar-refractivity contribution in [3.8, 4) is 11.5 Å². The molecule has 0 aliphatic rings. The second kappa shape index (κ2) is 7.66. The molecule has 0 fully saturated rings. The first-order valence-corrected chi connectivity index (χ1v) is 7.40. The quantitative estimate of drug-likeness (QED) is 0.836. The molecule has 0 heterocycles. The van der Waals surface area contributed by atoms with Gasteiger partial charge in [-0.05, 0) is 31.5 Å². The highest BCUT2D eigenvalue weighted by atomic mass is 16.5. The van der Waals surface area contributed by atoms with Crippen LogP contribution in [0.2, 0.25) is 0 Å². The van der Waals surface area contributed by atoms with Crippen molar-refractivity contribution in [2.24, 2.45) is 5.41 Å². The van der Waals surface area contributed by atoms with Crippen molar-refractivity contribution in [2.45, 2.75) is 39.8 Å². The standard InChI is InChI=1S/C17H29NO3/c1-8-21-16(17(2,3)4)15(18-5)14-12(19-6)10-9-11-13(14)20-7/h9-11,15-16,18H,8H2,1-7H3. The lowest BCUT2D eigenvalue weighted by Crippen LogP contribution is -2.41. The van der Waals surface area contributed by atoms with Crippen LogP contribution in [-0.2, 0) is 4.74 Å². The van der Waals surface area contributed by atoms with Gasteiger partial charge >= 0.3 is 0 Å². The molecule has 4 nitrogen and oxygen atoms in total. The first-order chi connectivity index (χ1) is 9.90. The van der Waals surface area contributed by atoms with Crippen molar-refractivity contribution < 1.29 is 14.2 Å². The van der Waals surface area contributed by atoms with Crippen molar-refractivity contribution in [1.82, 2.24) is 5.32 Å². The van der Waals surface area contributed by atoms with E-state index in [1.807, 2.05) is 32.2 Å². The predicted molar refractivity (Wildman–Crippen MR) is 86.2 cm³/mol. The van der Waals surface area contributed by atoms with E-state index in [1.165, 1.54) is 0 Å². The molecule has 120 valence electrons. The second-order valence-electron chi connectivity index (χ2n) is 6.08. The Morgan fingerprint density at radius 2 is 1.62 bits per heavy atom. The summed E-state index contributed by atoms with van der Waals surface area (Å²) in [4.78, 5) is 0. The van der Waals surface area contributed by atoms with Crippen LogP contribution in [0.25, 0.3) is 0 Å². The zero-order valence-electron chi connectivity index (χ0n) is 14.3. The van der Waals surface area contributed by atoms with E-state index >= 15 is 0 Å². The third-order valence-corrected chi connectivity index (χ3v) is 3.59. The van der Waals surface area contributed by atoms with Crippen LogP contribution in [0.15, 0.2) is 18.2 Å². The molecule has 4 heteroatoms. The van der Waals surface area contributed by atoms with Crippen LogP contribution in [0.3, 0.4) is 0 Å². The summed E-state index contributed by atoms with van der Waals surface area (Å²) in [5.41, 5.74) is 0.980. The van der Waals surface area contributed by atoms with Crippen LogP contribution in [0.1, 0.15) is 39.3 Å². The summed E-state index contributed by atoms with van der Waals surface area (Å²) in [6.07, 6.45) is -0.00213. The fraction of sp³-hybridized carbons (Fsp3) is 0.647. The lowest BCUT2D eigenvalue weighted by molar-refractivity contribution is -0.0358. The molecule has 0 radical (unpaired) electrons. The Balaban J connectivity index is 3.37. The van der Waals surface area contributed by atoms with Gasteiger partial charge in [0.2, 0.25) is 0 Å². The average molecular weight is 295 g/mol. The molecule has 1 rings (SSSR count). The van der Waals surface area contributed by atoms with Gasteiger partial charge in [-0.3, -0.25) is 0 Å². The SMILES string of the molecule is CCOC(C(NC)c1c(OC)cccc1OC)C(C)(C)C. The molecule has 0 aliphatic heterocycles. The molecule has 0 spiro atoms. The minimum atomic E-state index is -0.0183. The minimum Gasteiger partial charge on any atom is -0.496 e. The topological polar surface area (TPSA) is 39.7 Å². The molecule has 1 N–H and O–H groups in total. The number of likely N-dealkylation sites (N-methyl/N-ethyl adjacent to an activating group) is 1. The van der Waals surface area contributed by atoms with Crippen molar-refractivity contribution in [1.29, 1.82) is 0 Å². The highest BCUT2D eigenvalue weighted by Gasteiger charge is 2.36. The van der Waals surface area contributed by atoms with Gasteiger partial charge in [-0.25, -0.2) is 0 Å². The normalized spacial score (nSPS) is 14.6. The zero-order chi connectivity index (χ0) is 16.0. The van der Waals surface area contributed by atoms with Crippen LogP contribution in [-0.4, -0.2) is 34.0 Å². The van der Waals surface area contributed by atoms with Gasteiger partial charge in [0.25, 0.3) is 0 Å². The summed E-state index contributed by atoms with van der Waals surface area (Å²) in [5.74, 6) is 1.62. The monoisotopic (exact) mass is 295 g/mol. The third kappa shape index (κ3) is 4.11. The zero-order valence-corrected chi connectivity index (χ0v) is 14.3. The fourth-order valence-electron chi connectivity index (χ4n) is 2.66. The van der Waals surface area contributed by atoms with Gasteiger partial charge in [0, 0.05) is 6.61 Å². The number of rotatable bonds is 7. The Kier molecular flexibility index (Phi) is 6.49. The molecule has 2 atom stereocenters. The maximum Gasteiger partial charge on any atom is 0.127 e. The lowest BCUT2D eigenvalue weighted by atomic mass is 9.81. The van der Waals surface area contributed by atoms with Crippen LogP contribution < -0.4 is 14.8 Å². The number of ether oxygens (including phenoxy) is 3. The average Bonchev–Trinajstić information content (AvgIpc) is 2.46. The van der Waals surface area contributed by atoms with Crippen LogP contribution in [0.4, 0.5) is 0 Å². The molecule has 0 saturated heterocycles. The molecule has 0 aliphatic carbocycles. The molecular weight excluding hydrogens is 266 g/mol. The number of benzene rings is 1. The Morgan fingerprint density at radius 1 is 1.10 bits per heavy atom. The minimum absolute atomic E-state index is 0.00213. The van der Waals surface area contributed by atoms with E-state index in [4.69, 9.17) is 14.2 Å². The molecule has 1 aromatic rings. The van der Waals surface area contributed by atoms with Crippen molar-refractivity contribution in [3.63, 3.8) is 0 Å². The van der Waals surface area contributed by atoms with E-state index in [0.717, 1.165) is 17.1 Å². The Morgan fingerprint density at radius 3 is 1.95 bits per heavy atom. The first-order valence-electron chi connectivity index (χ1n) is 7.40. The van der Waals surface area contributed by atoms with E-state index in [-0.39, 0.29) is 17.6 Å². The summed E-state index contributed by atoms with van der Waals surface area (Å²) in [6, 6.07) is 5.82. The first kappa shape index (κ1) is 17.8. The Hall–Kier alpha value is -1.26. The molecule has 21 heavy (non-hydrogen) atoms. The highest BCUT2D eigenvalue weighted by Crippen LogP contribution is 2.40. The van der Waals surface area contributed by atoms with Gasteiger partial charge < -0.3 is 19.5 Å². The number of hydrogen-bond acceptors (Lipinski definition) is 4. The van der Waals surface area contributed by atoms with Crippen molar-refractivity contribution >= 4 is 0 Å². The lowest BCUT2D eigenvalue weighted by Gasteiger charge is -2.37. The number of nitrogens with one attached hydrogen (secondary N) is 1. The van der Waals surface area contributed by atoms with E-state index in [2.05, 4.69) is 26.1 Å². The molecular formula is C17H29NO3. The summed E-state index contributed by atoms with van der Waals surface area (Å²) >= 11 is 0. The Labute approximate surface area is 128 Å². The molecule has 0 aromatic heterocycles. The molecule has 1 aromatic carbocycles. The largest absolute Gasteiger partial charge is 0.496 e. The van der Waals surface area contributed by atoms with Crippen molar-refractivity contribution in [3.05, 3.63) is 23.8 Å². The molecule has 0 amide bonds. The summed E-state index contributed by atoms with van der Waals surface area (Å²) < 4.78 is 17.1. The smallest absolute Gasteiger partial charge is 0.127 e. The van der Waals surface area contributed by atoms with Gasteiger partial charge in [-0.2, -0.15) is 0 Å². The molecule has 0 saturated carbocycles. The Bertz CT molecular complexity index is 418. The maximum absolute atomic E-state index is 6.04. The summed E-state index contributed by atoms with van der Waals surface area (Å²) in [6.45, 7) is 9.22. The number of hydrogen-bond donors (Lipinski definition) is 1. The van der Waals surface area contributed by atoms with E-state index in [1.54, 1.807) is 14.2 Å². The third-order valence-electron chi connectivity index (χ3n) is 3.59. The fourth-order valence-corrected chi connectivity index (χ4v) is 2.66. The van der Waals surface area contributed by atoms with Gasteiger partial charge in [0.1, 0.15) is 11.5 Å². The molecule has 2 unspecified atom stereocenters. The summed E-state index contributed by atoms with van der Waals surface area (Å²) in [5, 5.41) is 3.37. The highest BCUT2D eigenvalue weighted by molar-refractivity contribution is 5.47. The number of methoxy groups -OCH3 is 2. The van der Waals surface area contributed by atoms with Gasteiger partial charge in [-0.1, -0.05) is 26.8 Å². The van der Waals surface area contributed by atoms with Crippen LogP contribution in [0.5, 0.6) is 11.5 Å². The van der Waals surface area contributed by atoms with Gasteiger partial charge in [0.15, 0.2) is 0 Å². The predicted octanol–water partition coefficient (Wildman–Crippen LogP) is 3.42. The summed E-state index contributed by atoms with van der Waals surface area (Å²) in [7, 11) is 5.30. The van der Waals surface area contributed by atoms with E-state index in [9.17, 15) is 0 Å². The van der Waals surface area contributed by atoms with Gasteiger partial charge in [-0.15, -0.1) is 0 Å². The van der Waals surface area contributed by atoms with Crippen molar-refractivity contribution in [2.75, 3.05) is 27.9 Å². The van der Waals surface area contributed by atoms with E-state index in [0.29, 0.717) is 6.61 Å². The van der Waals surface area contributed by atoms with Gasteiger partial charge in [0.05, 0.1) is 31.9 Å². The van der Waals surface area contributed by atoms with Crippen LogP contribution >= 0.6 is 0 Å².